The standard InChI is InChI=1S/C15H22BrN3/c1-12-2-3-13(15(16)8-12)11-18-4-6-19(7-5-18)14-9-17-10-14/h2-3,8,14,17H,4-7,9-11H2,1H3. The largest absolute Gasteiger partial charge is 0.314 e. The van der Waals surface area contributed by atoms with Gasteiger partial charge >= 0.3 is 0 Å². The Labute approximate surface area is 124 Å². The van der Waals surface area contributed by atoms with Gasteiger partial charge in [-0.3, -0.25) is 9.80 Å². The summed E-state index contributed by atoms with van der Waals surface area (Å²) in [5, 5.41) is 3.36. The van der Waals surface area contributed by atoms with Crippen LogP contribution in [0.1, 0.15) is 11.1 Å². The van der Waals surface area contributed by atoms with Gasteiger partial charge in [-0.15, -0.1) is 0 Å². The molecule has 3 rings (SSSR count). The first-order valence-corrected chi connectivity index (χ1v) is 7.94. The van der Waals surface area contributed by atoms with Gasteiger partial charge in [0.1, 0.15) is 0 Å². The van der Waals surface area contributed by atoms with Crippen molar-refractivity contribution >= 4 is 15.9 Å². The second-order valence-corrected chi connectivity index (χ2v) is 6.57. The Balaban J connectivity index is 1.54. The lowest BCUT2D eigenvalue weighted by atomic mass is 10.1. The molecule has 19 heavy (non-hydrogen) atoms. The van der Waals surface area contributed by atoms with Crippen LogP contribution in [0.15, 0.2) is 22.7 Å². The fourth-order valence-corrected chi connectivity index (χ4v) is 3.46. The molecule has 2 fully saturated rings. The van der Waals surface area contributed by atoms with Crippen molar-refractivity contribution in [3.05, 3.63) is 33.8 Å². The van der Waals surface area contributed by atoms with Crippen molar-refractivity contribution in [2.24, 2.45) is 0 Å². The van der Waals surface area contributed by atoms with Gasteiger partial charge in [0.15, 0.2) is 0 Å². The fraction of sp³-hybridized carbons (Fsp3) is 0.600. The third-order valence-electron chi connectivity index (χ3n) is 4.29. The van der Waals surface area contributed by atoms with Gasteiger partial charge in [-0.05, 0) is 24.1 Å². The first-order chi connectivity index (χ1) is 9.22. The lowest BCUT2D eigenvalue weighted by molar-refractivity contribution is 0.0695. The summed E-state index contributed by atoms with van der Waals surface area (Å²) in [7, 11) is 0. The number of nitrogens with one attached hydrogen (secondary N) is 1. The predicted octanol–water partition coefficient (Wildman–Crippen LogP) is 1.85. The maximum absolute atomic E-state index is 3.68. The van der Waals surface area contributed by atoms with E-state index in [4.69, 9.17) is 0 Å². The predicted molar refractivity (Wildman–Crippen MR) is 82.4 cm³/mol. The van der Waals surface area contributed by atoms with Crippen molar-refractivity contribution in [3.8, 4) is 0 Å². The Kier molecular flexibility index (Phi) is 4.22. The molecule has 2 heterocycles. The fourth-order valence-electron chi connectivity index (χ4n) is 2.84. The van der Waals surface area contributed by atoms with Crippen LogP contribution in [0.4, 0.5) is 0 Å². The highest BCUT2D eigenvalue weighted by molar-refractivity contribution is 9.10. The van der Waals surface area contributed by atoms with Gasteiger partial charge in [-0.25, -0.2) is 0 Å². The topological polar surface area (TPSA) is 18.5 Å². The van der Waals surface area contributed by atoms with Gasteiger partial charge in [-0.2, -0.15) is 0 Å². The highest BCUT2D eigenvalue weighted by Gasteiger charge is 2.27. The molecular weight excluding hydrogens is 302 g/mol. The van der Waals surface area contributed by atoms with Gasteiger partial charge in [-0.1, -0.05) is 28.1 Å². The van der Waals surface area contributed by atoms with E-state index < -0.39 is 0 Å². The number of nitrogens with zero attached hydrogens (tertiary/aromatic N) is 2. The van der Waals surface area contributed by atoms with E-state index in [1.165, 1.54) is 54.9 Å². The maximum atomic E-state index is 3.68. The highest BCUT2D eigenvalue weighted by atomic mass is 79.9. The summed E-state index contributed by atoms with van der Waals surface area (Å²) in [6.45, 7) is 10.4. The Hall–Kier alpha value is -0.420. The average Bonchev–Trinajstić information content (AvgIpc) is 2.33. The van der Waals surface area contributed by atoms with Crippen molar-refractivity contribution in [3.63, 3.8) is 0 Å². The molecule has 0 radical (unpaired) electrons. The Morgan fingerprint density at radius 1 is 1.21 bits per heavy atom. The van der Waals surface area contributed by atoms with Crippen LogP contribution >= 0.6 is 15.9 Å². The molecule has 0 atom stereocenters. The van der Waals surface area contributed by atoms with Crippen LogP contribution in [0, 0.1) is 6.92 Å². The van der Waals surface area contributed by atoms with Crippen molar-refractivity contribution in [2.75, 3.05) is 39.3 Å². The van der Waals surface area contributed by atoms with Crippen LogP contribution in [0.5, 0.6) is 0 Å². The molecule has 2 saturated heterocycles. The third kappa shape index (κ3) is 3.19. The third-order valence-corrected chi connectivity index (χ3v) is 5.02. The van der Waals surface area contributed by atoms with E-state index in [2.05, 4.69) is 56.2 Å². The average molecular weight is 324 g/mol. The summed E-state index contributed by atoms with van der Waals surface area (Å²) in [5.74, 6) is 0. The minimum absolute atomic E-state index is 0.799. The number of hydrogen-bond donors (Lipinski definition) is 1. The lowest BCUT2D eigenvalue weighted by Gasteiger charge is -2.43. The summed E-state index contributed by atoms with van der Waals surface area (Å²) in [4.78, 5) is 5.20. The molecule has 0 spiro atoms. The van der Waals surface area contributed by atoms with E-state index in [-0.39, 0.29) is 0 Å². The molecule has 0 amide bonds. The van der Waals surface area contributed by atoms with Gasteiger partial charge in [0, 0.05) is 56.3 Å². The highest BCUT2D eigenvalue weighted by Crippen LogP contribution is 2.21. The Morgan fingerprint density at radius 3 is 2.53 bits per heavy atom. The lowest BCUT2D eigenvalue weighted by Crippen LogP contribution is -2.61. The van der Waals surface area contributed by atoms with Gasteiger partial charge < -0.3 is 5.32 Å². The van der Waals surface area contributed by atoms with E-state index in [1.54, 1.807) is 0 Å². The number of piperazine rings is 1. The van der Waals surface area contributed by atoms with Crippen LogP contribution in [0.3, 0.4) is 0 Å². The maximum Gasteiger partial charge on any atom is 0.0346 e. The second kappa shape index (κ2) is 5.92. The molecule has 2 aliphatic heterocycles. The Morgan fingerprint density at radius 2 is 1.95 bits per heavy atom. The summed E-state index contributed by atoms with van der Waals surface area (Å²) in [6, 6.07) is 7.47. The molecule has 0 aliphatic carbocycles. The van der Waals surface area contributed by atoms with Crippen LogP contribution in [0.25, 0.3) is 0 Å². The smallest absolute Gasteiger partial charge is 0.0346 e. The van der Waals surface area contributed by atoms with Crippen LogP contribution in [0.2, 0.25) is 0 Å². The van der Waals surface area contributed by atoms with Crippen LogP contribution in [-0.2, 0) is 6.54 Å². The number of halogens is 1. The zero-order valence-electron chi connectivity index (χ0n) is 11.5. The Bertz CT molecular complexity index is 437. The van der Waals surface area contributed by atoms with E-state index >= 15 is 0 Å². The number of benzene rings is 1. The monoisotopic (exact) mass is 323 g/mol. The summed E-state index contributed by atoms with van der Waals surface area (Å²) >= 11 is 3.68. The SMILES string of the molecule is Cc1ccc(CN2CCN(C3CNC3)CC2)c(Br)c1. The van der Waals surface area contributed by atoms with Crippen molar-refractivity contribution < 1.29 is 0 Å². The molecule has 0 aromatic heterocycles. The second-order valence-electron chi connectivity index (χ2n) is 5.72. The summed E-state index contributed by atoms with van der Waals surface area (Å²) < 4.78 is 1.25. The minimum atomic E-state index is 0.799. The molecule has 1 aromatic carbocycles. The number of rotatable bonds is 3. The van der Waals surface area contributed by atoms with E-state index in [0.717, 1.165) is 12.6 Å². The van der Waals surface area contributed by atoms with Gasteiger partial charge in [0.25, 0.3) is 0 Å². The summed E-state index contributed by atoms with van der Waals surface area (Å²) in [6.07, 6.45) is 0. The molecule has 3 nitrogen and oxygen atoms in total. The van der Waals surface area contributed by atoms with Gasteiger partial charge in [0.05, 0.1) is 0 Å². The van der Waals surface area contributed by atoms with Crippen molar-refractivity contribution in [1.29, 1.82) is 0 Å². The molecule has 1 aromatic rings. The molecule has 2 aliphatic rings. The summed E-state index contributed by atoms with van der Waals surface area (Å²) in [5.41, 5.74) is 2.72. The molecule has 0 saturated carbocycles. The van der Waals surface area contributed by atoms with Crippen LogP contribution < -0.4 is 5.32 Å². The minimum Gasteiger partial charge on any atom is -0.314 e. The van der Waals surface area contributed by atoms with Crippen LogP contribution in [-0.4, -0.2) is 55.1 Å². The normalized spacial score (nSPS) is 22.4. The molecule has 104 valence electrons. The van der Waals surface area contributed by atoms with E-state index in [0.29, 0.717) is 0 Å². The number of hydrogen-bond acceptors (Lipinski definition) is 3. The molecule has 1 N–H and O–H groups in total. The van der Waals surface area contributed by atoms with E-state index in [9.17, 15) is 0 Å². The quantitative estimate of drug-likeness (QED) is 0.915. The van der Waals surface area contributed by atoms with E-state index in [1.807, 2.05) is 0 Å². The molecular formula is C15H22BrN3. The molecule has 0 bridgehead atoms. The van der Waals surface area contributed by atoms with Gasteiger partial charge in [0.2, 0.25) is 0 Å². The first kappa shape index (κ1) is 13.6. The molecule has 0 unspecified atom stereocenters. The van der Waals surface area contributed by atoms with Crippen molar-refractivity contribution in [2.45, 2.75) is 19.5 Å². The number of aryl methyl sites for hydroxylation is 1. The zero-order valence-corrected chi connectivity index (χ0v) is 13.1. The molecule has 4 heteroatoms. The first-order valence-electron chi connectivity index (χ1n) is 7.14. The zero-order chi connectivity index (χ0) is 13.2. The van der Waals surface area contributed by atoms with Crippen molar-refractivity contribution in [1.82, 2.24) is 15.1 Å².